The van der Waals surface area contributed by atoms with E-state index in [4.69, 9.17) is 10.8 Å². The Labute approximate surface area is 118 Å². The van der Waals surface area contributed by atoms with Crippen LogP contribution in [0.15, 0.2) is 24.3 Å². The highest BCUT2D eigenvalue weighted by Crippen LogP contribution is 2.38. The number of benzene rings is 1. The number of carboxylic acid groups (broad SMARTS) is 1. The smallest absolute Gasteiger partial charge is 0.304 e. The van der Waals surface area contributed by atoms with E-state index in [0.29, 0.717) is 19.5 Å². The van der Waals surface area contributed by atoms with E-state index in [9.17, 15) is 9.59 Å². The van der Waals surface area contributed by atoms with E-state index in [-0.39, 0.29) is 24.2 Å². The molecule has 108 valence electrons. The number of hydrogen-bond acceptors (Lipinski definition) is 3. The molecule has 0 saturated carbocycles. The predicted molar refractivity (Wildman–Crippen MR) is 76.6 cm³/mol. The van der Waals surface area contributed by atoms with Gasteiger partial charge in [-0.1, -0.05) is 25.1 Å². The van der Waals surface area contributed by atoms with Gasteiger partial charge in [-0.3, -0.25) is 9.59 Å². The second-order valence-electron chi connectivity index (χ2n) is 5.40. The summed E-state index contributed by atoms with van der Waals surface area (Å²) in [6.45, 7) is 2.86. The number of carbonyl (C=O) groups excluding carboxylic acids is 1. The Bertz CT molecular complexity index is 516. The van der Waals surface area contributed by atoms with Gasteiger partial charge in [0, 0.05) is 24.6 Å². The average Bonchev–Trinajstić information content (AvgIpc) is 2.77. The van der Waals surface area contributed by atoms with Crippen molar-refractivity contribution in [2.45, 2.75) is 25.7 Å². The molecule has 1 aliphatic rings. The molecule has 0 fully saturated rings. The van der Waals surface area contributed by atoms with Gasteiger partial charge in [-0.2, -0.15) is 0 Å². The molecule has 0 bridgehead atoms. The maximum absolute atomic E-state index is 12.3. The summed E-state index contributed by atoms with van der Waals surface area (Å²) in [6.07, 6.45) is 0.442. The molecule has 0 aliphatic carbocycles. The van der Waals surface area contributed by atoms with Crippen molar-refractivity contribution in [3.63, 3.8) is 0 Å². The number of anilines is 1. The highest BCUT2D eigenvalue weighted by atomic mass is 16.4. The molecule has 0 aromatic heterocycles. The van der Waals surface area contributed by atoms with Gasteiger partial charge in [-0.25, -0.2) is 0 Å². The first kappa shape index (κ1) is 14.5. The summed E-state index contributed by atoms with van der Waals surface area (Å²) in [5, 5.41) is 8.99. The molecule has 1 heterocycles. The standard InChI is InChI=1S/C15H20N2O3/c1-10(8-16)6-14(18)17-9-11(7-15(19)20)12-4-2-3-5-13(12)17/h2-5,10-11H,6-9,16H2,1H3,(H,19,20). The molecular weight excluding hydrogens is 256 g/mol. The third-order valence-corrected chi connectivity index (χ3v) is 3.72. The Hall–Kier alpha value is -1.88. The fraction of sp³-hybridized carbons (Fsp3) is 0.467. The number of hydrogen-bond donors (Lipinski definition) is 2. The Morgan fingerprint density at radius 1 is 1.45 bits per heavy atom. The number of carboxylic acids is 1. The number of para-hydroxylation sites is 1. The topological polar surface area (TPSA) is 83.6 Å². The summed E-state index contributed by atoms with van der Waals surface area (Å²) in [7, 11) is 0. The minimum Gasteiger partial charge on any atom is -0.481 e. The zero-order chi connectivity index (χ0) is 14.7. The second kappa shape index (κ2) is 6.05. The maximum atomic E-state index is 12.3. The Kier molecular flexibility index (Phi) is 4.39. The van der Waals surface area contributed by atoms with Crippen molar-refractivity contribution in [1.82, 2.24) is 0 Å². The zero-order valence-corrected chi connectivity index (χ0v) is 11.6. The summed E-state index contributed by atoms with van der Waals surface area (Å²) >= 11 is 0. The van der Waals surface area contributed by atoms with Gasteiger partial charge >= 0.3 is 5.97 Å². The van der Waals surface area contributed by atoms with Gasteiger partial charge in [0.2, 0.25) is 5.91 Å². The number of amides is 1. The van der Waals surface area contributed by atoms with Crippen molar-refractivity contribution in [2.75, 3.05) is 18.0 Å². The van der Waals surface area contributed by atoms with Gasteiger partial charge in [-0.05, 0) is 24.1 Å². The molecule has 2 rings (SSSR count). The van der Waals surface area contributed by atoms with Crippen LogP contribution in [0.4, 0.5) is 5.69 Å². The van der Waals surface area contributed by atoms with Crippen LogP contribution in [0, 0.1) is 5.92 Å². The van der Waals surface area contributed by atoms with E-state index in [1.165, 1.54) is 0 Å². The van der Waals surface area contributed by atoms with Crippen molar-refractivity contribution >= 4 is 17.6 Å². The van der Waals surface area contributed by atoms with Crippen LogP contribution in [0.2, 0.25) is 0 Å². The molecule has 20 heavy (non-hydrogen) atoms. The van der Waals surface area contributed by atoms with Gasteiger partial charge < -0.3 is 15.7 Å². The van der Waals surface area contributed by atoms with Gasteiger partial charge in [0.25, 0.3) is 0 Å². The number of rotatable bonds is 5. The second-order valence-corrected chi connectivity index (χ2v) is 5.40. The van der Waals surface area contributed by atoms with Crippen LogP contribution in [0.5, 0.6) is 0 Å². The Morgan fingerprint density at radius 2 is 2.15 bits per heavy atom. The van der Waals surface area contributed by atoms with Crippen molar-refractivity contribution < 1.29 is 14.7 Å². The largest absolute Gasteiger partial charge is 0.481 e. The first-order valence-corrected chi connectivity index (χ1v) is 6.84. The molecule has 2 unspecified atom stereocenters. The van der Waals surface area contributed by atoms with E-state index in [1.54, 1.807) is 4.90 Å². The minimum absolute atomic E-state index is 0.0169. The van der Waals surface area contributed by atoms with Crippen molar-refractivity contribution in [2.24, 2.45) is 11.7 Å². The maximum Gasteiger partial charge on any atom is 0.304 e. The van der Waals surface area contributed by atoms with E-state index in [1.807, 2.05) is 31.2 Å². The molecular formula is C15H20N2O3. The van der Waals surface area contributed by atoms with Gasteiger partial charge in [-0.15, -0.1) is 0 Å². The number of nitrogens with zero attached hydrogens (tertiary/aromatic N) is 1. The number of carbonyl (C=O) groups is 2. The molecule has 1 aromatic rings. The summed E-state index contributed by atoms with van der Waals surface area (Å²) in [6, 6.07) is 7.53. The molecule has 1 aliphatic heterocycles. The van der Waals surface area contributed by atoms with Crippen LogP contribution < -0.4 is 10.6 Å². The fourth-order valence-corrected chi connectivity index (χ4v) is 2.61. The van der Waals surface area contributed by atoms with Crippen LogP contribution in [-0.4, -0.2) is 30.1 Å². The van der Waals surface area contributed by atoms with E-state index in [2.05, 4.69) is 0 Å². The first-order chi connectivity index (χ1) is 9.52. The zero-order valence-electron chi connectivity index (χ0n) is 11.6. The van der Waals surface area contributed by atoms with Gasteiger partial charge in [0.05, 0.1) is 6.42 Å². The molecule has 5 heteroatoms. The molecule has 1 aromatic carbocycles. The van der Waals surface area contributed by atoms with E-state index < -0.39 is 5.97 Å². The van der Waals surface area contributed by atoms with E-state index in [0.717, 1.165) is 11.3 Å². The minimum atomic E-state index is -0.838. The monoisotopic (exact) mass is 276 g/mol. The van der Waals surface area contributed by atoms with Gasteiger partial charge in [0.1, 0.15) is 0 Å². The molecule has 2 atom stereocenters. The number of fused-ring (bicyclic) bond motifs is 1. The van der Waals surface area contributed by atoms with Crippen LogP contribution in [-0.2, 0) is 9.59 Å². The molecule has 3 N–H and O–H groups in total. The molecule has 0 spiro atoms. The summed E-state index contributed by atoms with van der Waals surface area (Å²) in [5.41, 5.74) is 7.35. The molecule has 1 amide bonds. The third kappa shape index (κ3) is 2.99. The summed E-state index contributed by atoms with van der Waals surface area (Å²) < 4.78 is 0. The summed E-state index contributed by atoms with van der Waals surface area (Å²) in [5.74, 6) is -0.813. The van der Waals surface area contributed by atoms with Gasteiger partial charge in [0.15, 0.2) is 0 Å². The fourth-order valence-electron chi connectivity index (χ4n) is 2.61. The molecule has 0 saturated heterocycles. The lowest BCUT2D eigenvalue weighted by Crippen LogP contribution is -2.32. The van der Waals surface area contributed by atoms with E-state index >= 15 is 0 Å². The first-order valence-electron chi connectivity index (χ1n) is 6.84. The highest BCUT2D eigenvalue weighted by molar-refractivity contribution is 5.96. The lowest BCUT2D eigenvalue weighted by Gasteiger charge is -2.19. The quantitative estimate of drug-likeness (QED) is 0.855. The third-order valence-electron chi connectivity index (χ3n) is 3.72. The van der Waals surface area contributed by atoms with Crippen molar-refractivity contribution in [3.8, 4) is 0 Å². The van der Waals surface area contributed by atoms with Crippen molar-refractivity contribution in [3.05, 3.63) is 29.8 Å². The SMILES string of the molecule is CC(CN)CC(=O)N1CC(CC(=O)O)c2ccccc21. The number of aliphatic carboxylic acids is 1. The van der Waals surface area contributed by atoms with Crippen molar-refractivity contribution in [1.29, 1.82) is 0 Å². The lowest BCUT2D eigenvalue weighted by atomic mass is 9.98. The summed E-state index contributed by atoms with van der Waals surface area (Å²) in [4.78, 5) is 25.0. The number of nitrogens with two attached hydrogens (primary N) is 1. The van der Waals surface area contributed by atoms with Crippen LogP contribution in [0.25, 0.3) is 0 Å². The Balaban J connectivity index is 2.20. The molecule has 5 nitrogen and oxygen atoms in total. The average molecular weight is 276 g/mol. The predicted octanol–water partition coefficient (Wildman–Crippen LogP) is 1.58. The lowest BCUT2D eigenvalue weighted by molar-refractivity contribution is -0.137. The van der Waals surface area contributed by atoms with Crippen LogP contribution in [0.3, 0.4) is 0 Å². The highest BCUT2D eigenvalue weighted by Gasteiger charge is 2.33. The Morgan fingerprint density at radius 3 is 2.80 bits per heavy atom. The van der Waals surface area contributed by atoms with Crippen LogP contribution >= 0.6 is 0 Å². The van der Waals surface area contributed by atoms with Crippen LogP contribution in [0.1, 0.15) is 31.2 Å². The molecule has 0 radical (unpaired) electrons. The normalized spacial score (nSPS) is 18.7.